The summed E-state index contributed by atoms with van der Waals surface area (Å²) in [6.45, 7) is 7.26. The standard InChI is InChI=1S/C36H54N8O5/c1-3-4-8-17-39-34-33-30(40-36(38)41-34)16-18-44(33)25-27-23-26(14-15-31(27)49-2)24-42-19-21-43(22-20-42)32(46)13-9-11-28(45)10-6-5-7-12-29(37)35(47)48/h14-16,18,23,29H,3-13,17,19-22,24-25,37H2,1-2H3,(H,47,48)(H3,38,39,40,41)/t29-/m0/s1. The number of aliphatic carboxylic acids is 1. The lowest BCUT2D eigenvalue weighted by molar-refractivity contribution is -0.138. The van der Waals surface area contributed by atoms with Gasteiger partial charge in [-0.3, -0.25) is 19.3 Å². The molecule has 1 aromatic carbocycles. The monoisotopic (exact) mass is 678 g/mol. The smallest absolute Gasteiger partial charge is 0.320 e. The molecule has 49 heavy (non-hydrogen) atoms. The number of Topliss-reactive ketones (excluding diaryl/α,β-unsaturated/α-hetero) is 1. The fourth-order valence-electron chi connectivity index (χ4n) is 6.32. The number of carboxylic acid groups (broad SMARTS) is 1. The van der Waals surface area contributed by atoms with E-state index in [1.54, 1.807) is 7.11 Å². The molecule has 3 aromatic rings. The van der Waals surface area contributed by atoms with Gasteiger partial charge in [-0.1, -0.05) is 38.7 Å². The fourth-order valence-corrected chi connectivity index (χ4v) is 6.32. The number of nitrogens with two attached hydrogens (primary N) is 2. The van der Waals surface area contributed by atoms with Crippen molar-refractivity contribution >= 4 is 40.5 Å². The molecule has 13 nitrogen and oxygen atoms in total. The van der Waals surface area contributed by atoms with Gasteiger partial charge in [-0.05, 0) is 49.4 Å². The number of hydrogen-bond acceptors (Lipinski definition) is 10. The van der Waals surface area contributed by atoms with E-state index >= 15 is 0 Å². The van der Waals surface area contributed by atoms with Gasteiger partial charge in [-0.2, -0.15) is 4.98 Å². The van der Waals surface area contributed by atoms with Crippen LogP contribution in [0.5, 0.6) is 5.75 Å². The van der Waals surface area contributed by atoms with Crippen LogP contribution in [0.4, 0.5) is 11.8 Å². The predicted molar refractivity (Wildman–Crippen MR) is 191 cm³/mol. The number of amides is 1. The van der Waals surface area contributed by atoms with Crippen molar-refractivity contribution in [3.63, 3.8) is 0 Å². The van der Waals surface area contributed by atoms with Gasteiger partial charge in [0.25, 0.3) is 0 Å². The summed E-state index contributed by atoms with van der Waals surface area (Å²) in [7, 11) is 1.69. The van der Waals surface area contributed by atoms with E-state index in [4.69, 9.17) is 21.3 Å². The summed E-state index contributed by atoms with van der Waals surface area (Å²) in [5.74, 6) is 1.07. The Kier molecular flexibility index (Phi) is 14.6. The Morgan fingerprint density at radius 1 is 0.959 bits per heavy atom. The third-order valence-corrected chi connectivity index (χ3v) is 9.15. The van der Waals surface area contributed by atoms with Crippen LogP contribution in [0.25, 0.3) is 11.0 Å². The molecule has 3 heterocycles. The van der Waals surface area contributed by atoms with Crippen molar-refractivity contribution in [2.24, 2.45) is 5.73 Å². The number of hydrogen-bond donors (Lipinski definition) is 4. The summed E-state index contributed by atoms with van der Waals surface area (Å²) < 4.78 is 7.88. The molecule has 1 aliphatic rings. The predicted octanol–water partition coefficient (Wildman–Crippen LogP) is 4.42. The number of nitrogens with one attached hydrogen (secondary N) is 1. The number of carbonyl (C=O) groups is 3. The molecular formula is C36H54N8O5. The third kappa shape index (κ3) is 11.4. The normalized spacial score (nSPS) is 14.2. The Hall–Kier alpha value is -4.23. The lowest BCUT2D eigenvalue weighted by atomic mass is 10.0. The topological polar surface area (TPSA) is 182 Å². The highest BCUT2D eigenvalue weighted by molar-refractivity contribution is 5.87. The van der Waals surface area contributed by atoms with E-state index in [1.165, 1.54) is 5.56 Å². The van der Waals surface area contributed by atoms with E-state index in [-0.39, 0.29) is 17.6 Å². The van der Waals surface area contributed by atoms with E-state index in [1.807, 2.05) is 23.2 Å². The van der Waals surface area contributed by atoms with Crippen molar-refractivity contribution in [1.29, 1.82) is 0 Å². The molecular weight excluding hydrogens is 624 g/mol. The Labute approximate surface area is 289 Å². The molecule has 0 aliphatic carbocycles. The number of ketones is 1. The SMILES string of the molecule is CCCCCNc1nc(N)nc2ccn(Cc3cc(CN4CCN(C(=O)CCCC(=O)CCCCC[C@H](N)C(=O)O)CC4)ccc3OC)c12. The van der Waals surface area contributed by atoms with Crippen LogP contribution in [0.2, 0.25) is 0 Å². The molecule has 1 amide bonds. The molecule has 13 heteroatoms. The van der Waals surface area contributed by atoms with Crippen molar-refractivity contribution in [2.45, 2.75) is 96.7 Å². The van der Waals surface area contributed by atoms with Crippen LogP contribution in [-0.2, 0) is 27.5 Å². The second-order valence-corrected chi connectivity index (χ2v) is 13.0. The van der Waals surface area contributed by atoms with Crippen LogP contribution in [0.1, 0.15) is 88.7 Å². The van der Waals surface area contributed by atoms with E-state index < -0.39 is 12.0 Å². The molecule has 0 spiro atoms. The number of ether oxygens (including phenoxy) is 1. The van der Waals surface area contributed by atoms with Gasteiger partial charge in [0.1, 0.15) is 23.1 Å². The first-order valence-electron chi connectivity index (χ1n) is 17.7. The summed E-state index contributed by atoms with van der Waals surface area (Å²) in [6, 6.07) is 7.43. The summed E-state index contributed by atoms with van der Waals surface area (Å²) in [4.78, 5) is 49.1. The largest absolute Gasteiger partial charge is 0.496 e. The van der Waals surface area contributed by atoms with Gasteiger partial charge >= 0.3 is 5.97 Å². The number of carboxylic acids is 1. The highest BCUT2D eigenvalue weighted by Gasteiger charge is 2.22. The van der Waals surface area contributed by atoms with E-state index in [2.05, 4.69) is 43.8 Å². The van der Waals surface area contributed by atoms with Gasteiger partial charge in [0.2, 0.25) is 11.9 Å². The summed E-state index contributed by atoms with van der Waals surface area (Å²) in [6.07, 6.45) is 9.78. The number of nitrogens with zero attached hydrogens (tertiary/aromatic N) is 5. The van der Waals surface area contributed by atoms with Crippen LogP contribution in [0, 0.1) is 0 Å². The zero-order chi connectivity index (χ0) is 35.2. The number of rotatable bonds is 21. The first-order chi connectivity index (χ1) is 23.7. The molecule has 0 unspecified atom stereocenters. The second-order valence-electron chi connectivity index (χ2n) is 13.0. The number of carbonyl (C=O) groups excluding carboxylic acids is 2. The van der Waals surface area contributed by atoms with Crippen molar-refractivity contribution in [1.82, 2.24) is 24.3 Å². The molecule has 1 fully saturated rings. The molecule has 4 rings (SSSR count). The van der Waals surface area contributed by atoms with Gasteiger partial charge in [0.15, 0.2) is 5.82 Å². The van der Waals surface area contributed by atoms with Crippen molar-refractivity contribution < 1.29 is 24.2 Å². The number of fused-ring (bicyclic) bond motifs is 1. The lowest BCUT2D eigenvalue weighted by Crippen LogP contribution is -2.48. The molecule has 268 valence electrons. The zero-order valence-corrected chi connectivity index (χ0v) is 29.2. The molecule has 1 saturated heterocycles. The Balaban J connectivity index is 1.24. The van der Waals surface area contributed by atoms with Gasteiger partial charge < -0.3 is 36.1 Å². The minimum atomic E-state index is -0.991. The highest BCUT2D eigenvalue weighted by Crippen LogP contribution is 2.27. The van der Waals surface area contributed by atoms with Crippen molar-refractivity contribution in [3.8, 4) is 5.75 Å². The Morgan fingerprint density at radius 3 is 2.47 bits per heavy atom. The first-order valence-corrected chi connectivity index (χ1v) is 17.7. The number of nitrogen functional groups attached to an aromatic ring is 1. The van der Waals surface area contributed by atoms with E-state index in [0.29, 0.717) is 58.2 Å². The second kappa shape index (κ2) is 19.1. The fraction of sp³-hybridized carbons (Fsp3) is 0.583. The van der Waals surface area contributed by atoms with Gasteiger partial charge in [0.05, 0.1) is 19.2 Å². The maximum absolute atomic E-state index is 12.9. The number of anilines is 2. The number of aromatic nitrogens is 3. The number of benzene rings is 1. The maximum Gasteiger partial charge on any atom is 0.320 e. The molecule has 0 bridgehead atoms. The minimum Gasteiger partial charge on any atom is -0.496 e. The Bertz CT molecular complexity index is 1540. The quantitative estimate of drug-likeness (QED) is 0.117. The molecule has 1 aliphatic heterocycles. The minimum absolute atomic E-state index is 0.103. The molecule has 2 aromatic heterocycles. The zero-order valence-electron chi connectivity index (χ0n) is 29.2. The average Bonchev–Trinajstić information content (AvgIpc) is 3.48. The Morgan fingerprint density at radius 2 is 1.73 bits per heavy atom. The van der Waals surface area contributed by atoms with Gasteiger partial charge in [-0.15, -0.1) is 0 Å². The number of piperazine rings is 1. The summed E-state index contributed by atoms with van der Waals surface area (Å²) in [5.41, 5.74) is 15.5. The molecule has 0 saturated carbocycles. The summed E-state index contributed by atoms with van der Waals surface area (Å²) in [5, 5.41) is 12.3. The highest BCUT2D eigenvalue weighted by atomic mass is 16.5. The van der Waals surface area contributed by atoms with Crippen LogP contribution in [0.3, 0.4) is 0 Å². The molecule has 0 radical (unpaired) electrons. The van der Waals surface area contributed by atoms with Crippen LogP contribution < -0.4 is 21.5 Å². The first kappa shape index (κ1) is 37.6. The van der Waals surface area contributed by atoms with Crippen LogP contribution in [-0.4, -0.2) is 93.0 Å². The summed E-state index contributed by atoms with van der Waals surface area (Å²) >= 11 is 0. The number of methoxy groups -OCH3 is 1. The van der Waals surface area contributed by atoms with Crippen LogP contribution >= 0.6 is 0 Å². The van der Waals surface area contributed by atoms with E-state index in [0.717, 1.165) is 86.4 Å². The molecule has 6 N–H and O–H groups in total. The third-order valence-electron chi connectivity index (χ3n) is 9.15. The maximum atomic E-state index is 12.9. The molecule has 1 atom stereocenters. The average molecular weight is 679 g/mol. The van der Waals surface area contributed by atoms with Gasteiger partial charge in [0, 0.05) is 70.3 Å². The van der Waals surface area contributed by atoms with E-state index in [9.17, 15) is 14.4 Å². The van der Waals surface area contributed by atoms with Crippen molar-refractivity contribution in [3.05, 3.63) is 41.6 Å². The lowest BCUT2D eigenvalue weighted by Gasteiger charge is -2.35. The van der Waals surface area contributed by atoms with Crippen molar-refractivity contribution in [2.75, 3.05) is 50.9 Å². The number of unbranched alkanes of at least 4 members (excludes halogenated alkanes) is 4. The van der Waals surface area contributed by atoms with Crippen LogP contribution in [0.15, 0.2) is 30.5 Å². The van der Waals surface area contributed by atoms with Gasteiger partial charge in [-0.25, -0.2) is 4.98 Å².